The van der Waals surface area contributed by atoms with Crippen LogP contribution in [0.25, 0.3) is 23.0 Å². The first-order chi connectivity index (χ1) is 13.7. The lowest BCUT2D eigenvalue weighted by Gasteiger charge is -2.05. The number of hydrogen-bond acceptors (Lipinski definition) is 7. The van der Waals surface area contributed by atoms with Gasteiger partial charge in [0.15, 0.2) is 16.8 Å². The predicted molar refractivity (Wildman–Crippen MR) is 103 cm³/mol. The standard InChI is InChI=1S/C19H17FN6OS/c1-3-26-17(15-6-4-5-9-21-15)23-24-19(26)28-11-16-22-18(27-25-16)13-10-12(2)7-8-14(13)20/h4-10H,3,11H2,1-2H3. The molecule has 0 N–H and O–H groups in total. The van der Waals surface area contributed by atoms with E-state index < -0.39 is 0 Å². The van der Waals surface area contributed by atoms with Gasteiger partial charge in [0.25, 0.3) is 5.89 Å². The van der Waals surface area contributed by atoms with Crippen LogP contribution in [-0.4, -0.2) is 29.9 Å². The first-order valence-corrected chi connectivity index (χ1v) is 9.70. The summed E-state index contributed by atoms with van der Waals surface area (Å²) in [4.78, 5) is 8.64. The molecule has 0 saturated carbocycles. The SMILES string of the molecule is CCn1c(SCc2noc(-c3cc(C)ccc3F)n2)nnc1-c1ccccn1. The fourth-order valence-electron chi connectivity index (χ4n) is 2.72. The number of rotatable bonds is 6. The summed E-state index contributed by atoms with van der Waals surface area (Å²) in [7, 11) is 0. The third kappa shape index (κ3) is 3.65. The second kappa shape index (κ2) is 7.89. The first-order valence-electron chi connectivity index (χ1n) is 8.72. The van der Waals surface area contributed by atoms with Gasteiger partial charge in [0, 0.05) is 12.7 Å². The van der Waals surface area contributed by atoms with E-state index in [2.05, 4.69) is 25.3 Å². The zero-order valence-corrected chi connectivity index (χ0v) is 16.1. The largest absolute Gasteiger partial charge is 0.334 e. The van der Waals surface area contributed by atoms with Crippen LogP contribution in [0, 0.1) is 12.7 Å². The highest BCUT2D eigenvalue weighted by Gasteiger charge is 2.17. The smallest absolute Gasteiger partial charge is 0.260 e. The van der Waals surface area contributed by atoms with Crippen LogP contribution < -0.4 is 0 Å². The molecule has 28 heavy (non-hydrogen) atoms. The number of aromatic nitrogens is 6. The third-order valence-corrected chi connectivity index (χ3v) is 5.04. The summed E-state index contributed by atoms with van der Waals surface area (Å²) in [5.41, 5.74) is 1.99. The molecule has 7 nitrogen and oxygen atoms in total. The fraction of sp³-hybridized carbons (Fsp3) is 0.211. The van der Waals surface area contributed by atoms with Gasteiger partial charge in [-0.05, 0) is 38.1 Å². The van der Waals surface area contributed by atoms with Crippen molar-refractivity contribution in [1.82, 2.24) is 29.9 Å². The maximum Gasteiger partial charge on any atom is 0.260 e. The molecule has 142 valence electrons. The molecule has 0 unspecified atom stereocenters. The van der Waals surface area contributed by atoms with E-state index in [1.54, 1.807) is 18.3 Å². The summed E-state index contributed by atoms with van der Waals surface area (Å²) in [5, 5.41) is 13.2. The Balaban J connectivity index is 1.52. The summed E-state index contributed by atoms with van der Waals surface area (Å²) < 4.78 is 21.2. The molecular formula is C19H17FN6OS. The van der Waals surface area contributed by atoms with Crippen LogP contribution in [0.5, 0.6) is 0 Å². The van der Waals surface area contributed by atoms with Crippen molar-refractivity contribution in [3.05, 3.63) is 59.8 Å². The van der Waals surface area contributed by atoms with Crippen LogP contribution in [-0.2, 0) is 12.3 Å². The van der Waals surface area contributed by atoms with E-state index in [1.807, 2.05) is 36.6 Å². The summed E-state index contributed by atoms with van der Waals surface area (Å²) in [6.07, 6.45) is 1.72. The van der Waals surface area contributed by atoms with Gasteiger partial charge in [-0.15, -0.1) is 10.2 Å². The zero-order chi connectivity index (χ0) is 19.5. The summed E-state index contributed by atoms with van der Waals surface area (Å²) in [5.74, 6) is 1.38. The van der Waals surface area contributed by atoms with Gasteiger partial charge in [-0.3, -0.25) is 4.98 Å². The van der Waals surface area contributed by atoms with Gasteiger partial charge in [-0.2, -0.15) is 4.98 Å². The second-order valence-corrected chi connectivity index (χ2v) is 7.00. The molecule has 1 aromatic carbocycles. The lowest BCUT2D eigenvalue weighted by Crippen LogP contribution is -2.01. The highest BCUT2D eigenvalue weighted by Crippen LogP contribution is 2.27. The molecule has 0 aliphatic heterocycles. The molecule has 0 aliphatic rings. The summed E-state index contributed by atoms with van der Waals surface area (Å²) in [6.45, 7) is 4.60. The molecule has 0 saturated heterocycles. The Morgan fingerprint density at radius 3 is 2.86 bits per heavy atom. The Kier molecular flexibility index (Phi) is 5.16. The number of pyridine rings is 1. The van der Waals surface area contributed by atoms with E-state index in [4.69, 9.17) is 4.52 Å². The molecular weight excluding hydrogens is 379 g/mol. The van der Waals surface area contributed by atoms with Crippen LogP contribution in [0.3, 0.4) is 0 Å². The van der Waals surface area contributed by atoms with Gasteiger partial charge in [0.05, 0.1) is 11.3 Å². The molecule has 0 bridgehead atoms. The van der Waals surface area contributed by atoms with Gasteiger partial charge in [0.1, 0.15) is 11.5 Å². The van der Waals surface area contributed by atoms with Crippen molar-refractivity contribution in [1.29, 1.82) is 0 Å². The van der Waals surface area contributed by atoms with Crippen molar-refractivity contribution in [2.75, 3.05) is 0 Å². The lowest BCUT2D eigenvalue weighted by molar-refractivity contribution is 0.422. The van der Waals surface area contributed by atoms with Crippen molar-refractivity contribution in [3.8, 4) is 23.0 Å². The minimum atomic E-state index is -0.390. The van der Waals surface area contributed by atoms with Crippen molar-refractivity contribution >= 4 is 11.8 Å². The molecule has 0 atom stereocenters. The van der Waals surface area contributed by atoms with Crippen molar-refractivity contribution in [2.45, 2.75) is 31.3 Å². The second-order valence-electron chi connectivity index (χ2n) is 6.05. The lowest BCUT2D eigenvalue weighted by atomic mass is 10.1. The van der Waals surface area contributed by atoms with Gasteiger partial charge in [-0.1, -0.05) is 34.6 Å². The Bertz CT molecular complexity index is 1100. The maximum absolute atomic E-state index is 14.0. The van der Waals surface area contributed by atoms with Crippen LogP contribution in [0.15, 0.2) is 52.3 Å². The monoisotopic (exact) mass is 396 g/mol. The van der Waals surface area contributed by atoms with E-state index in [9.17, 15) is 4.39 Å². The number of aryl methyl sites for hydroxylation is 1. The minimum Gasteiger partial charge on any atom is -0.334 e. The van der Waals surface area contributed by atoms with Gasteiger partial charge < -0.3 is 9.09 Å². The average molecular weight is 396 g/mol. The Labute approximate surface area is 165 Å². The first kappa shape index (κ1) is 18.3. The van der Waals surface area contributed by atoms with Crippen molar-refractivity contribution < 1.29 is 8.91 Å². The van der Waals surface area contributed by atoms with Crippen LogP contribution in [0.4, 0.5) is 4.39 Å². The molecule has 4 rings (SSSR count). The fourth-order valence-corrected chi connectivity index (χ4v) is 3.56. The molecule has 0 spiro atoms. The quantitative estimate of drug-likeness (QED) is 0.453. The zero-order valence-electron chi connectivity index (χ0n) is 15.3. The third-order valence-electron chi connectivity index (χ3n) is 4.08. The Morgan fingerprint density at radius 1 is 1.18 bits per heavy atom. The Hall–Kier alpha value is -3.07. The van der Waals surface area contributed by atoms with Gasteiger partial charge >= 0.3 is 0 Å². The van der Waals surface area contributed by atoms with Crippen LogP contribution >= 0.6 is 11.8 Å². The Morgan fingerprint density at radius 2 is 2.07 bits per heavy atom. The van der Waals surface area contributed by atoms with E-state index in [0.29, 0.717) is 29.5 Å². The van der Waals surface area contributed by atoms with E-state index in [1.165, 1.54) is 17.8 Å². The summed E-state index contributed by atoms with van der Waals surface area (Å²) in [6, 6.07) is 10.4. The molecule has 0 fully saturated rings. The minimum absolute atomic E-state index is 0.169. The molecule has 4 aromatic rings. The number of hydrogen-bond donors (Lipinski definition) is 0. The normalized spacial score (nSPS) is 11.1. The predicted octanol–water partition coefficient (Wildman–Crippen LogP) is 4.15. The molecule has 0 aliphatic carbocycles. The maximum atomic E-state index is 14.0. The molecule has 3 aromatic heterocycles. The number of thioether (sulfide) groups is 1. The highest BCUT2D eigenvalue weighted by atomic mass is 32.2. The topological polar surface area (TPSA) is 82.5 Å². The number of nitrogens with zero attached hydrogens (tertiary/aromatic N) is 6. The average Bonchev–Trinajstić information content (AvgIpc) is 3.35. The molecule has 0 amide bonds. The number of halogens is 1. The molecule has 0 radical (unpaired) electrons. The van der Waals surface area contributed by atoms with Crippen LogP contribution in [0.2, 0.25) is 0 Å². The number of benzene rings is 1. The van der Waals surface area contributed by atoms with Crippen molar-refractivity contribution in [2.24, 2.45) is 0 Å². The highest BCUT2D eigenvalue weighted by molar-refractivity contribution is 7.98. The van der Waals surface area contributed by atoms with E-state index in [-0.39, 0.29) is 11.7 Å². The van der Waals surface area contributed by atoms with E-state index >= 15 is 0 Å². The summed E-state index contributed by atoms with van der Waals surface area (Å²) >= 11 is 1.44. The van der Waals surface area contributed by atoms with Gasteiger partial charge in [-0.25, -0.2) is 4.39 Å². The molecule has 9 heteroatoms. The molecule has 3 heterocycles. The van der Waals surface area contributed by atoms with Crippen molar-refractivity contribution in [3.63, 3.8) is 0 Å². The van der Waals surface area contributed by atoms with E-state index in [0.717, 1.165) is 16.4 Å². The van der Waals surface area contributed by atoms with Crippen LogP contribution in [0.1, 0.15) is 18.3 Å². The van der Waals surface area contributed by atoms with Gasteiger partial charge in [0.2, 0.25) is 0 Å².